The molecule has 1 aromatic rings. The van der Waals surface area contributed by atoms with Crippen molar-refractivity contribution in [3.63, 3.8) is 0 Å². The molecule has 1 aromatic carbocycles. The number of ether oxygens (including phenoxy) is 1. The Hall–Kier alpha value is -1.33. The van der Waals surface area contributed by atoms with Gasteiger partial charge in [-0.15, -0.1) is 0 Å². The maximum absolute atomic E-state index is 11.3. The summed E-state index contributed by atoms with van der Waals surface area (Å²) in [5, 5.41) is 10.7. The lowest BCUT2D eigenvalue weighted by molar-refractivity contribution is -0.384. The standard InChI is InChI=1S/C10H9Cl2NO4/c1-2-17-9(14)5-6-7(11)3-4-8(10(6)12)13(15)16/h3-4H,2,5H2,1H3. The van der Waals surface area contributed by atoms with Gasteiger partial charge in [0.1, 0.15) is 5.02 Å². The Labute approximate surface area is 107 Å². The Balaban J connectivity index is 3.09. The third-order valence-electron chi connectivity index (χ3n) is 1.99. The number of benzene rings is 1. The summed E-state index contributed by atoms with van der Waals surface area (Å²) in [6.45, 7) is 1.89. The van der Waals surface area contributed by atoms with Crippen LogP contribution in [0.25, 0.3) is 0 Å². The lowest BCUT2D eigenvalue weighted by Gasteiger charge is -2.06. The quantitative estimate of drug-likeness (QED) is 0.482. The molecule has 0 radical (unpaired) electrons. The second-order valence-electron chi connectivity index (χ2n) is 3.10. The summed E-state index contributed by atoms with van der Waals surface area (Å²) in [5.74, 6) is -0.531. The molecule has 17 heavy (non-hydrogen) atoms. The van der Waals surface area contributed by atoms with Crippen molar-refractivity contribution in [2.75, 3.05) is 6.61 Å². The predicted molar refractivity (Wildman–Crippen MR) is 63.5 cm³/mol. The van der Waals surface area contributed by atoms with Crippen molar-refractivity contribution in [3.8, 4) is 0 Å². The van der Waals surface area contributed by atoms with Crippen LogP contribution in [-0.2, 0) is 16.0 Å². The maximum atomic E-state index is 11.3. The first-order chi connectivity index (χ1) is 7.97. The fourth-order valence-corrected chi connectivity index (χ4v) is 1.82. The lowest BCUT2D eigenvalue weighted by Crippen LogP contribution is -2.09. The average Bonchev–Trinajstić information content (AvgIpc) is 2.24. The zero-order valence-electron chi connectivity index (χ0n) is 8.91. The van der Waals surface area contributed by atoms with Gasteiger partial charge in [-0.2, -0.15) is 0 Å². The highest BCUT2D eigenvalue weighted by molar-refractivity contribution is 6.37. The van der Waals surface area contributed by atoms with E-state index in [2.05, 4.69) is 0 Å². The van der Waals surface area contributed by atoms with Gasteiger partial charge in [-0.1, -0.05) is 23.2 Å². The van der Waals surface area contributed by atoms with E-state index in [4.69, 9.17) is 27.9 Å². The highest BCUT2D eigenvalue weighted by Crippen LogP contribution is 2.33. The minimum absolute atomic E-state index is 0.129. The van der Waals surface area contributed by atoms with Crippen molar-refractivity contribution >= 4 is 34.9 Å². The Morgan fingerprint density at radius 2 is 2.12 bits per heavy atom. The highest BCUT2D eigenvalue weighted by atomic mass is 35.5. The number of rotatable bonds is 4. The number of carbonyl (C=O) groups excluding carboxylic acids is 1. The first kappa shape index (κ1) is 13.7. The summed E-state index contributed by atoms with van der Waals surface area (Å²) < 4.78 is 4.73. The summed E-state index contributed by atoms with van der Waals surface area (Å²) in [6, 6.07) is 2.53. The number of nitro benzene ring substituents is 1. The van der Waals surface area contributed by atoms with Gasteiger partial charge in [0.15, 0.2) is 0 Å². The second kappa shape index (κ2) is 5.84. The van der Waals surface area contributed by atoms with E-state index in [1.165, 1.54) is 12.1 Å². The van der Waals surface area contributed by atoms with Crippen molar-refractivity contribution in [1.29, 1.82) is 0 Å². The fraction of sp³-hybridized carbons (Fsp3) is 0.300. The number of hydrogen-bond acceptors (Lipinski definition) is 4. The summed E-state index contributed by atoms with van der Waals surface area (Å²) >= 11 is 11.7. The van der Waals surface area contributed by atoms with Crippen molar-refractivity contribution in [2.24, 2.45) is 0 Å². The molecule has 0 bridgehead atoms. The van der Waals surface area contributed by atoms with Gasteiger partial charge in [0, 0.05) is 16.7 Å². The van der Waals surface area contributed by atoms with E-state index in [-0.39, 0.29) is 34.3 Å². The zero-order valence-corrected chi connectivity index (χ0v) is 10.4. The van der Waals surface area contributed by atoms with Crippen LogP contribution in [0, 0.1) is 10.1 Å². The zero-order chi connectivity index (χ0) is 13.0. The molecule has 0 fully saturated rings. The summed E-state index contributed by atoms with van der Waals surface area (Å²) in [4.78, 5) is 21.3. The molecule has 0 spiro atoms. The van der Waals surface area contributed by atoms with Crippen LogP contribution in [-0.4, -0.2) is 17.5 Å². The molecule has 0 aromatic heterocycles. The summed E-state index contributed by atoms with van der Waals surface area (Å²) in [5.41, 5.74) is -0.0728. The average molecular weight is 278 g/mol. The summed E-state index contributed by atoms with van der Waals surface area (Å²) in [6.07, 6.45) is -0.187. The second-order valence-corrected chi connectivity index (χ2v) is 3.88. The van der Waals surface area contributed by atoms with Gasteiger partial charge < -0.3 is 4.74 Å². The first-order valence-corrected chi connectivity index (χ1v) is 5.49. The molecular formula is C10H9Cl2NO4. The molecule has 0 N–H and O–H groups in total. The number of hydrogen-bond donors (Lipinski definition) is 0. The molecule has 0 atom stereocenters. The van der Waals surface area contributed by atoms with Gasteiger partial charge >= 0.3 is 5.97 Å². The molecule has 92 valence electrons. The third kappa shape index (κ3) is 3.31. The van der Waals surface area contributed by atoms with Gasteiger partial charge in [0.2, 0.25) is 0 Å². The van der Waals surface area contributed by atoms with Crippen molar-refractivity contribution in [3.05, 3.63) is 37.9 Å². The molecule has 0 aliphatic heterocycles. The number of carbonyl (C=O) groups is 1. The molecule has 0 saturated carbocycles. The molecule has 0 saturated heterocycles. The van der Waals surface area contributed by atoms with Crippen molar-refractivity contribution < 1.29 is 14.5 Å². The van der Waals surface area contributed by atoms with Gasteiger partial charge in [-0.3, -0.25) is 14.9 Å². The number of nitrogens with zero attached hydrogens (tertiary/aromatic N) is 1. The molecule has 1 rings (SSSR count). The van der Waals surface area contributed by atoms with Crippen LogP contribution >= 0.6 is 23.2 Å². The van der Waals surface area contributed by atoms with Crippen LogP contribution in [0.2, 0.25) is 10.0 Å². The SMILES string of the molecule is CCOC(=O)Cc1c(Cl)ccc([N+](=O)[O-])c1Cl. The Bertz CT molecular complexity index is 462. The molecule has 0 heterocycles. The van der Waals surface area contributed by atoms with Crippen LogP contribution < -0.4 is 0 Å². The number of esters is 1. The largest absolute Gasteiger partial charge is 0.466 e. The van der Waals surface area contributed by atoms with Crippen LogP contribution in [0.3, 0.4) is 0 Å². The van der Waals surface area contributed by atoms with Gasteiger partial charge in [0.25, 0.3) is 5.69 Å². The molecule has 5 nitrogen and oxygen atoms in total. The maximum Gasteiger partial charge on any atom is 0.310 e. The molecule has 0 amide bonds. The van der Waals surface area contributed by atoms with Gasteiger partial charge in [-0.25, -0.2) is 0 Å². The molecular weight excluding hydrogens is 269 g/mol. The van der Waals surface area contributed by atoms with E-state index in [1.54, 1.807) is 6.92 Å². The topological polar surface area (TPSA) is 69.4 Å². The van der Waals surface area contributed by atoms with E-state index in [9.17, 15) is 14.9 Å². The molecule has 7 heteroatoms. The third-order valence-corrected chi connectivity index (χ3v) is 2.76. The van der Waals surface area contributed by atoms with Crippen LogP contribution in [0.4, 0.5) is 5.69 Å². The van der Waals surface area contributed by atoms with Crippen LogP contribution in [0.15, 0.2) is 12.1 Å². The van der Waals surface area contributed by atoms with Crippen molar-refractivity contribution in [2.45, 2.75) is 13.3 Å². The minimum atomic E-state index is -0.632. The first-order valence-electron chi connectivity index (χ1n) is 4.74. The Morgan fingerprint density at radius 3 is 2.65 bits per heavy atom. The number of nitro groups is 1. The van der Waals surface area contributed by atoms with E-state index in [0.717, 1.165) is 0 Å². The van der Waals surface area contributed by atoms with E-state index >= 15 is 0 Å². The summed E-state index contributed by atoms with van der Waals surface area (Å²) in [7, 11) is 0. The minimum Gasteiger partial charge on any atom is -0.466 e. The van der Waals surface area contributed by atoms with Crippen LogP contribution in [0.5, 0.6) is 0 Å². The fourth-order valence-electron chi connectivity index (χ4n) is 1.24. The molecule has 0 unspecified atom stereocenters. The number of halogens is 2. The Kier molecular flexibility index (Phi) is 4.72. The van der Waals surface area contributed by atoms with E-state index < -0.39 is 10.9 Å². The lowest BCUT2D eigenvalue weighted by atomic mass is 10.1. The normalized spacial score (nSPS) is 10.1. The predicted octanol–water partition coefficient (Wildman–Crippen LogP) is 3.01. The smallest absolute Gasteiger partial charge is 0.310 e. The van der Waals surface area contributed by atoms with Crippen LogP contribution in [0.1, 0.15) is 12.5 Å². The van der Waals surface area contributed by atoms with E-state index in [1.807, 2.05) is 0 Å². The van der Waals surface area contributed by atoms with Crippen molar-refractivity contribution in [1.82, 2.24) is 0 Å². The highest BCUT2D eigenvalue weighted by Gasteiger charge is 2.20. The molecule has 0 aliphatic rings. The Morgan fingerprint density at radius 1 is 1.47 bits per heavy atom. The molecule has 0 aliphatic carbocycles. The monoisotopic (exact) mass is 277 g/mol. The van der Waals surface area contributed by atoms with Gasteiger partial charge in [-0.05, 0) is 13.0 Å². The van der Waals surface area contributed by atoms with E-state index in [0.29, 0.717) is 0 Å². The van der Waals surface area contributed by atoms with Gasteiger partial charge in [0.05, 0.1) is 18.0 Å².